The number of halogens is 3. The van der Waals surface area contributed by atoms with E-state index in [2.05, 4.69) is 15.3 Å². The fraction of sp³-hybridized carbons (Fsp3) is 0.375. The van der Waals surface area contributed by atoms with Crippen LogP contribution < -0.4 is 16.0 Å². The fourth-order valence-corrected chi connectivity index (χ4v) is 4.35. The van der Waals surface area contributed by atoms with Crippen molar-refractivity contribution in [3.8, 4) is 0 Å². The molecule has 0 unspecified atom stereocenters. The summed E-state index contributed by atoms with van der Waals surface area (Å²) in [6.45, 7) is 1.79. The van der Waals surface area contributed by atoms with Crippen molar-refractivity contribution in [1.82, 2.24) is 15.3 Å². The van der Waals surface area contributed by atoms with Gasteiger partial charge >= 0.3 is 5.97 Å². The number of anilines is 1. The minimum atomic E-state index is -1.47. The number of aromatic amines is 1. The van der Waals surface area contributed by atoms with Gasteiger partial charge < -0.3 is 26.0 Å². The van der Waals surface area contributed by atoms with Gasteiger partial charge in [-0.05, 0) is 13.3 Å². The third kappa shape index (κ3) is 4.16. The molecular weight excluding hydrogens is 448 g/mol. The number of aromatic nitrogens is 2. The van der Waals surface area contributed by atoms with Gasteiger partial charge in [0.25, 0.3) is 11.8 Å². The number of hydrogen-bond acceptors (Lipinski definition) is 6. The summed E-state index contributed by atoms with van der Waals surface area (Å²) in [6.07, 6.45) is -1.24. The Bertz CT molecular complexity index is 963. The van der Waals surface area contributed by atoms with Gasteiger partial charge in [0.05, 0.1) is 17.6 Å². The zero-order valence-electron chi connectivity index (χ0n) is 15.0. The maximum Gasteiger partial charge on any atom is 0.348 e. The Kier molecular flexibility index (Phi) is 6.01. The molecule has 3 heterocycles. The van der Waals surface area contributed by atoms with Crippen LogP contribution in [0.4, 0.5) is 9.52 Å². The first-order chi connectivity index (χ1) is 13.6. The Balaban J connectivity index is 1.70. The number of thiazole rings is 1. The standard InChI is InChI=1S/C16H16Cl2FN5O4S/c1-5-8(17)9(22-12(5)18)14(26)21-7-2-3-24(4-6(7)19)16-23-10(13(20)25)11(29-16)15(27)28/h6-7,22H,2-4H2,1H3,(H2,20,25)(H,21,26)(H,27,28)/t6-,7+/m0/s1. The quantitative estimate of drug-likeness (QED) is 0.535. The van der Waals surface area contributed by atoms with Crippen molar-refractivity contribution in [2.24, 2.45) is 5.73 Å². The second-order valence-corrected chi connectivity index (χ2v) is 8.16. The lowest BCUT2D eigenvalue weighted by molar-refractivity contribution is 0.0696. The van der Waals surface area contributed by atoms with Crippen molar-refractivity contribution in [2.45, 2.75) is 25.6 Å². The second kappa shape index (κ2) is 8.17. The highest BCUT2D eigenvalue weighted by Gasteiger charge is 2.34. The Labute approximate surface area is 178 Å². The Hall–Kier alpha value is -2.37. The zero-order chi connectivity index (χ0) is 21.5. The average molecular weight is 464 g/mol. The van der Waals surface area contributed by atoms with Gasteiger partial charge in [-0.3, -0.25) is 9.59 Å². The molecule has 156 valence electrons. The highest BCUT2D eigenvalue weighted by Crippen LogP contribution is 2.30. The van der Waals surface area contributed by atoms with Gasteiger partial charge in [0.2, 0.25) is 0 Å². The summed E-state index contributed by atoms with van der Waals surface area (Å²) in [5.41, 5.74) is 5.37. The predicted molar refractivity (Wildman–Crippen MR) is 106 cm³/mol. The first-order valence-electron chi connectivity index (χ1n) is 8.37. The van der Waals surface area contributed by atoms with E-state index in [1.165, 1.54) is 4.90 Å². The maximum atomic E-state index is 14.7. The first-order valence-corrected chi connectivity index (χ1v) is 9.94. The summed E-state index contributed by atoms with van der Waals surface area (Å²) in [4.78, 5) is 42.9. The summed E-state index contributed by atoms with van der Waals surface area (Å²) in [7, 11) is 0. The van der Waals surface area contributed by atoms with Crippen LogP contribution in [0.2, 0.25) is 10.2 Å². The molecule has 0 saturated carbocycles. The van der Waals surface area contributed by atoms with Crippen LogP contribution in [0.5, 0.6) is 0 Å². The minimum Gasteiger partial charge on any atom is -0.477 e. The monoisotopic (exact) mass is 463 g/mol. The molecule has 0 bridgehead atoms. The molecule has 0 aromatic carbocycles. The van der Waals surface area contributed by atoms with Crippen LogP contribution in [-0.2, 0) is 0 Å². The lowest BCUT2D eigenvalue weighted by atomic mass is 10.0. The van der Waals surface area contributed by atoms with Gasteiger partial charge in [-0.2, -0.15) is 0 Å². The van der Waals surface area contributed by atoms with Crippen molar-refractivity contribution in [1.29, 1.82) is 0 Å². The largest absolute Gasteiger partial charge is 0.477 e. The van der Waals surface area contributed by atoms with E-state index in [4.69, 9.17) is 28.9 Å². The Morgan fingerprint density at radius 2 is 2.10 bits per heavy atom. The van der Waals surface area contributed by atoms with E-state index < -0.39 is 30.0 Å². The molecule has 0 radical (unpaired) electrons. The van der Waals surface area contributed by atoms with Crippen LogP contribution in [0, 0.1) is 6.92 Å². The van der Waals surface area contributed by atoms with E-state index in [1.807, 2.05) is 0 Å². The van der Waals surface area contributed by atoms with E-state index in [0.29, 0.717) is 5.56 Å². The van der Waals surface area contributed by atoms with E-state index in [9.17, 15) is 23.9 Å². The molecule has 1 aliphatic rings. The van der Waals surface area contributed by atoms with Crippen LogP contribution in [0.25, 0.3) is 0 Å². The summed E-state index contributed by atoms with van der Waals surface area (Å²) < 4.78 is 14.7. The van der Waals surface area contributed by atoms with E-state index >= 15 is 0 Å². The first kappa shape index (κ1) is 21.3. The minimum absolute atomic E-state index is 0.0564. The third-order valence-electron chi connectivity index (χ3n) is 4.51. The van der Waals surface area contributed by atoms with Crippen molar-refractivity contribution in [3.05, 3.63) is 32.0 Å². The summed E-state index contributed by atoms with van der Waals surface area (Å²) in [6, 6.07) is -0.785. The molecule has 1 aliphatic heterocycles. The number of alkyl halides is 1. The van der Waals surface area contributed by atoms with Crippen LogP contribution in [0.3, 0.4) is 0 Å². The van der Waals surface area contributed by atoms with E-state index in [1.54, 1.807) is 6.92 Å². The van der Waals surface area contributed by atoms with Gasteiger partial charge in [0, 0.05) is 12.1 Å². The van der Waals surface area contributed by atoms with Crippen LogP contribution in [0.1, 0.15) is 42.6 Å². The number of H-pyrrole nitrogens is 1. The molecule has 9 nitrogen and oxygen atoms in total. The number of carbonyl (C=O) groups is 3. The van der Waals surface area contributed by atoms with Gasteiger partial charge in [0.15, 0.2) is 10.8 Å². The molecule has 1 fully saturated rings. The topological polar surface area (TPSA) is 141 Å². The van der Waals surface area contributed by atoms with Gasteiger partial charge in [-0.15, -0.1) is 0 Å². The molecule has 2 atom stereocenters. The van der Waals surface area contributed by atoms with Crippen molar-refractivity contribution in [3.63, 3.8) is 0 Å². The lowest BCUT2D eigenvalue weighted by Gasteiger charge is -2.34. The van der Waals surface area contributed by atoms with Crippen molar-refractivity contribution < 1.29 is 23.9 Å². The average Bonchev–Trinajstić information content (AvgIpc) is 3.21. The number of carboxylic acid groups (broad SMARTS) is 1. The third-order valence-corrected chi connectivity index (χ3v) is 6.47. The summed E-state index contributed by atoms with van der Waals surface area (Å²) in [5.74, 6) is -2.89. The van der Waals surface area contributed by atoms with Gasteiger partial charge in [-0.25, -0.2) is 14.2 Å². The molecular formula is C16H16Cl2FN5O4S. The number of piperidine rings is 1. The van der Waals surface area contributed by atoms with E-state index in [-0.39, 0.29) is 51.1 Å². The molecule has 0 spiro atoms. The highest BCUT2D eigenvalue weighted by molar-refractivity contribution is 7.17. The van der Waals surface area contributed by atoms with Crippen LogP contribution in [0.15, 0.2) is 0 Å². The zero-order valence-corrected chi connectivity index (χ0v) is 17.3. The number of rotatable bonds is 5. The van der Waals surface area contributed by atoms with Gasteiger partial charge in [-0.1, -0.05) is 34.5 Å². The lowest BCUT2D eigenvalue weighted by Crippen LogP contribution is -2.52. The normalized spacial score (nSPS) is 19.2. The molecule has 29 heavy (non-hydrogen) atoms. The fourth-order valence-electron chi connectivity index (χ4n) is 2.94. The molecule has 1 saturated heterocycles. The number of amides is 2. The number of carboxylic acids is 1. The molecule has 5 N–H and O–H groups in total. The predicted octanol–water partition coefficient (Wildman–Crippen LogP) is 2.23. The van der Waals surface area contributed by atoms with Crippen LogP contribution in [-0.4, -0.2) is 58.2 Å². The Morgan fingerprint density at radius 3 is 2.59 bits per heavy atom. The number of nitrogens with one attached hydrogen (secondary N) is 2. The van der Waals surface area contributed by atoms with E-state index in [0.717, 1.165) is 11.3 Å². The van der Waals surface area contributed by atoms with Crippen LogP contribution >= 0.6 is 34.5 Å². The molecule has 3 rings (SSSR count). The Morgan fingerprint density at radius 1 is 1.41 bits per heavy atom. The number of carbonyl (C=O) groups excluding carboxylic acids is 2. The highest BCUT2D eigenvalue weighted by atomic mass is 35.5. The molecule has 2 amide bonds. The SMILES string of the molecule is Cc1c(Cl)[nH]c(C(=O)N[C@@H]2CCN(c3nc(C(N)=O)c(C(=O)O)s3)C[C@@H]2F)c1Cl. The summed E-state index contributed by atoms with van der Waals surface area (Å²) in [5, 5.41) is 12.3. The smallest absolute Gasteiger partial charge is 0.348 e. The van der Waals surface area contributed by atoms with Gasteiger partial charge in [0.1, 0.15) is 21.9 Å². The number of aromatic carboxylic acids is 1. The molecule has 0 aliphatic carbocycles. The molecule has 13 heteroatoms. The number of nitrogens with two attached hydrogens (primary N) is 1. The maximum absolute atomic E-state index is 14.7. The summed E-state index contributed by atoms with van der Waals surface area (Å²) >= 11 is 12.7. The molecule has 2 aromatic rings. The van der Waals surface area contributed by atoms with Crippen molar-refractivity contribution in [2.75, 3.05) is 18.0 Å². The second-order valence-electron chi connectivity index (χ2n) is 6.43. The molecule has 2 aromatic heterocycles. The number of primary amides is 1. The van der Waals surface area contributed by atoms with Crippen molar-refractivity contribution >= 4 is 57.5 Å². The number of hydrogen-bond donors (Lipinski definition) is 4. The number of nitrogens with zero attached hydrogens (tertiary/aromatic N) is 2.